The van der Waals surface area contributed by atoms with Crippen molar-refractivity contribution in [1.29, 1.82) is 5.41 Å². The lowest BCUT2D eigenvalue weighted by molar-refractivity contribution is -0.171. The monoisotopic (exact) mass is 172 g/mol. The number of amides is 2. The molecule has 1 heterocycles. The molecule has 2 amide bonds. The molecule has 0 unspecified atom stereocenters. The Balaban J connectivity index is 2.56. The molecule has 6 heteroatoms. The fraction of sp³-hybridized carbons (Fsp3) is 0.500. The van der Waals surface area contributed by atoms with Crippen molar-refractivity contribution in [2.45, 2.75) is 12.8 Å². The highest BCUT2D eigenvalue weighted by Gasteiger charge is 2.32. The van der Waals surface area contributed by atoms with Gasteiger partial charge in [-0.15, -0.1) is 5.06 Å². The molecule has 1 aliphatic heterocycles. The molecule has 1 saturated heterocycles. The summed E-state index contributed by atoms with van der Waals surface area (Å²) in [5.74, 6) is -0.886. The Hall–Kier alpha value is -1.59. The van der Waals surface area contributed by atoms with Crippen molar-refractivity contribution >= 4 is 17.9 Å². The standard InChI is InChI=1S/C6H8N2O4/c1-11-6(7)12-8-4(9)2-3-5(8)10/h7H,2-3H2,1H3. The van der Waals surface area contributed by atoms with Crippen LogP contribution in [0.3, 0.4) is 0 Å². The van der Waals surface area contributed by atoms with Crippen molar-refractivity contribution in [3.05, 3.63) is 0 Å². The van der Waals surface area contributed by atoms with Gasteiger partial charge in [0.1, 0.15) is 0 Å². The Morgan fingerprint density at radius 1 is 1.42 bits per heavy atom. The van der Waals surface area contributed by atoms with Crippen molar-refractivity contribution in [1.82, 2.24) is 5.06 Å². The fourth-order valence-corrected chi connectivity index (χ4v) is 0.778. The van der Waals surface area contributed by atoms with Gasteiger partial charge in [-0.3, -0.25) is 9.59 Å². The highest BCUT2D eigenvalue weighted by atomic mass is 16.8. The van der Waals surface area contributed by atoms with E-state index in [0.717, 1.165) is 0 Å². The summed E-state index contributed by atoms with van der Waals surface area (Å²) >= 11 is 0. The third kappa shape index (κ3) is 1.52. The minimum absolute atomic E-state index is 0.135. The minimum atomic E-state index is -0.571. The van der Waals surface area contributed by atoms with Crippen LogP contribution >= 0.6 is 0 Å². The molecule has 0 aromatic rings. The van der Waals surface area contributed by atoms with Gasteiger partial charge in [-0.2, -0.15) is 0 Å². The average Bonchev–Trinajstić information content (AvgIpc) is 2.35. The van der Waals surface area contributed by atoms with Gasteiger partial charge in [0, 0.05) is 12.8 Å². The zero-order chi connectivity index (χ0) is 9.14. The van der Waals surface area contributed by atoms with E-state index in [-0.39, 0.29) is 12.8 Å². The molecule has 1 fully saturated rings. The predicted molar refractivity (Wildman–Crippen MR) is 36.9 cm³/mol. The molecule has 6 nitrogen and oxygen atoms in total. The van der Waals surface area contributed by atoms with E-state index in [1.165, 1.54) is 7.11 Å². The second kappa shape index (κ2) is 3.21. The highest BCUT2D eigenvalue weighted by Crippen LogP contribution is 2.11. The molecule has 1 N–H and O–H groups in total. The van der Waals surface area contributed by atoms with E-state index < -0.39 is 17.9 Å². The van der Waals surface area contributed by atoms with Gasteiger partial charge in [0.2, 0.25) is 0 Å². The van der Waals surface area contributed by atoms with Gasteiger partial charge in [0.15, 0.2) is 0 Å². The zero-order valence-electron chi connectivity index (χ0n) is 6.49. The minimum Gasteiger partial charge on any atom is -0.453 e. The molecule has 0 aliphatic carbocycles. The van der Waals surface area contributed by atoms with Crippen molar-refractivity contribution < 1.29 is 19.2 Å². The summed E-state index contributed by atoms with van der Waals surface area (Å²) < 4.78 is 4.32. The lowest BCUT2D eigenvalue weighted by atomic mass is 10.4. The Labute approximate surface area is 68.5 Å². The van der Waals surface area contributed by atoms with Crippen molar-refractivity contribution in [3.63, 3.8) is 0 Å². The molecular weight excluding hydrogens is 164 g/mol. The summed E-state index contributed by atoms with van der Waals surface area (Å²) in [7, 11) is 1.22. The number of nitrogens with one attached hydrogen (secondary N) is 1. The van der Waals surface area contributed by atoms with E-state index in [2.05, 4.69) is 9.57 Å². The third-order valence-electron chi connectivity index (χ3n) is 1.37. The van der Waals surface area contributed by atoms with Gasteiger partial charge in [-0.25, -0.2) is 5.41 Å². The summed E-state index contributed by atoms with van der Waals surface area (Å²) in [4.78, 5) is 26.2. The van der Waals surface area contributed by atoms with Crippen LogP contribution in [0.25, 0.3) is 0 Å². The molecule has 0 saturated carbocycles. The normalized spacial score (nSPS) is 16.6. The molecular formula is C6H8N2O4. The summed E-state index contributed by atoms with van der Waals surface area (Å²) in [5.41, 5.74) is 0. The van der Waals surface area contributed by atoms with Gasteiger partial charge >= 0.3 is 6.08 Å². The zero-order valence-corrected chi connectivity index (χ0v) is 6.49. The first-order valence-corrected chi connectivity index (χ1v) is 3.31. The first-order chi connectivity index (χ1) is 5.65. The molecule has 1 rings (SSSR count). The average molecular weight is 172 g/mol. The van der Waals surface area contributed by atoms with Crippen LogP contribution in [-0.2, 0) is 19.2 Å². The number of methoxy groups -OCH3 is 1. The topological polar surface area (TPSA) is 79.7 Å². The molecule has 12 heavy (non-hydrogen) atoms. The first-order valence-electron chi connectivity index (χ1n) is 3.31. The van der Waals surface area contributed by atoms with Crippen LogP contribution in [0, 0.1) is 5.41 Å². The molecule has 0 aromatic heterocycles. The lowest BCUT2D eigenvalue weighted by Gasteiger charge is -2.12. The van der Waals surface area contributed by atoms with Crippen LogP contribution in [0.2, 0.25) is 0 Å². The van der Waals surface area contributed by atoms with Gasteiger partial charge < -0.3 is 9.57 Å². The smallest absolute Gasteiger partial charge is 0.406 e. The van der Waals surface area contributed by atoms with Crippen LogP contribution in [0.1, 0.15) is 12.8 Å². The molecule has 0 atom stereocenters. The second-order valence-corrected chi connectivity index (χ2v) is 2.16. The lowest BCUT2D eigenvalue weighted by Crippen LogP contribution is -2.32. The predicted octanol–water partition coefficient (Wildman–Crippen LogP) is -0.352. The largest absolute Gasteiger partial charge is 0.453 e. The quantitative estimate of drug-likeness (QED) is 0.333. The maximum absolute atomic E-state index is 10.9. The maximum Gasteiger partial charge on any atom is 0.406 e. The van der Waals surface area contributed by atoms with E-state index >= 15 is 0 Å². The Morgan fingerprint density at radius 2 is 1.92 bits per heavy atom. The fourth-order valence-electron chi connectivity index (χ4n) is 0.778. The number of hydroxylamine groups is 2. The molecule has 66 valence electrons. The number of nitrogens with zero attached hydrogens (tertiary/aromatic N) is 1. The second-order valence-electron chi connectivity index (χ2n) is 2.16. The highest BCUT2D eigenvalue weighted by molar-refractivity contribution is 6.01. The number of carbonyl (C=O) groups is 2. The number of imide groups is 1. The van der Waals surface area contributed by atoms with Crippen LogP contribution in [-0.4, -0.2) is 30.1 Å². The van der Waals surface area contributed by atoms with Gasteiger partial charge in [0.05, 0.1) is 7.11 Å². The molecule has 0 radical (unpaired) electrons. The number of hydrogen-bond acceptors (Lipinski definition) is 5. The van der Waals surface area contributed by atoms with E-state index in [9.17, 15) is 9.59 Å². The Kier molecular flexibility index (Phi) is 2.27. The Morgan fingerprint density at radius 3 is 2.33 bits per heavy atom. The number of ether oxygens (including phenoxy) is 1. The summed E-state index contributed by atoms with van der Waals surface area (Å²) in [6.07, 6.45) is -0.301. The summed E-state index contributed by atoms with van der Waals surface area (Å²) in [5, 5.41) is 7.44. The van der Waals surface area contributed by atoms with E-state index in [1.54, 1.807) is 0 Å². The van der Waals surface area contributed by atoms with Crippen LogP contribution in [0.15, 0.2) is 0 Å². The van der Waals surface area contributed by atoms with Gasteiger partial charge in [-0.1, -0.05) is 0 Å². The molecule has 0 aromatic carbocycles. The molecule has 1 aliphatic rings. The summed E-state index contributed by atoms with van der Waals surface area (Å²) in [6.45, 7) is 0. The van der Waals surface area contributed by atoms with Crippen LogP contribution in [0.5, 0.6) is 0 Å². The van der Waals surface area contributed by atoms with E-state index in [0.29, 0.717) is 5.06 Å². The van der Waals surface area contributed by atoms with Crippen LogP contribution < -0.4 is 0 Å². The van der Waals surface area contributed by atoms with E-state index in [1.807, 2.05) is 0 Å². The van der Waals surface area contributed by atoms with Gasteiger partial charge in [0.25, 0.3) is 11.8 Å². The number of carbonyl (C=O) groups excluding carboxylic acids is 2. The van der Waals surface area contributed by atoms with Crippen molar-refractivity contribution in [2.24, 2.45) is 0 Å². The van der Waals surface area contributed by atoms with Gasteiger partial charge in [-0.05, 0) is 0 Å². The molecule has 0 bridgehead atoms. The summed E-state index contributed by atoms with van der Waals surface area (Å²) in [6, 6.07) is 0. The van der Waals surface area contributed by atoms with E-state index in [4.69, 9.17) is 5.41 Å². The third-order valence-corrected chi connectivity index (χ3v) is 1.37. The van der Waals surface area contributed by atoms with Crippen molar-refractivity contribution in [2.75, 3.05) is 7.11 Å². The SMILES string of the molecule is COC(=N)ON1C(=O)CCC1=O. The molecule has 0 spiro atoms. The Bertz CT molecular complexity index is 222. The number of hydrogen-bond donors (Lipinski definition) is 1. The maximum atomic E-state index is 10.9. The first kappa shape index (κ1) is 8.51. The van der Waals surface area contributed by atoms with Crippen molar-refractivity contribution in [3.8, 4) is 0 Å². The number of rotatable bonds is 1. The van der Waals surface area contributed by atoms with Crippen LogP contribution in [0.4, 0.5) is 0 Å².